The second-order valence-corrected chi connectivity index (χ2v) is 11.5. The molecule has 4 nitrogen and oxygen atoms in total. The quantitative estimate of drug-likeness (QED) is 0.141. The van der Waals surface area contributed by atoms with E-state index in [2.05, 4.69) is 125 Å². The van der Waals surface area contributed by atoms with Crippen LogP contribution < -0.4 is 10.1 Å². The Morgan fingerprint density at radius 1 is 0.600 bits per heavy atom. The first-order valence-electron chi connectivity index (χ1n) is 15.6. The molecule has 6 rings (SSSR count). The third-order valence-electron chi connectivity index (χ3n) is 8.53. The molecule has 45 heavy (non-hydrogen) atoms. The van der Waals surface area contributed by atoms with Gasteiger partial charge in [-0.3, -0.25) is 4.90 Å². The summed E-state index contributed by atoms with van der Waals surface area (Å²) in [6.45, 7) is 2.15. The molecule has 0 aliphatic rings. The number of phenolic OH excluding ortho intramolecular Hbond substituents is 1. The molecule has 0 fully saturated rings. The summed E-state index contributed by atoms with van der Waals surface area (Å²) < 4.78 is 5.93. The van der Waals surface area contributed by atoms with Gasteiger partial charge in [0.1, 0.15) is 11.5 Å². The van der Waals surface area contributed by atoms with Crippen molar-refractivity contribution in [2.75, 3.05) is 7.11 Å². The van der Waals surface area contributed by atoms with E-state index in [-0.39, 0.29) is 17.8 Å². The van der Waals surface area contributed by atoms with E-state index in [4.69, 9.17) is 4.74 Å². The molecule has 2 atom stereocenters. The summed E-state index contributed by atoms with van der Waals surface area (Å²) in [4.78, 5) is 2.56. The summed E-state index contributed by atoms with van der Waals surface area (Å²) >= 11 is 0. The van der Waals surface area contributed by atoms with E-state index in [0.29, 0.717) is 6.54 Å². The Hall–Kier alpha value is -4.90. The normalized spacial score (nSPS) is 12.7. The van der Waals surface area contributed by atoms with E-state index in [1.807, 2.05) is 36.4 Å². The maximum absolute atomic E-state index is 12.0. The van der Waals surface area contributed by atoms with E-state index in [9.17, 15) is 5.11 Å². The summed E-state index contributed by atoms with van der Waals surface area (Å²) in [5.41, 5.74) is 5.74. The maximum atomic E-state index is 12.0. The minimum absolute atomic E-state index is 0.0340. The van der Waals surface area contributed by atoms with Crippen molar-refractivity contribution in [2.24, 2.45) is 0 Å². The van der Waals surface area contributed by atoms with Crippen LogP contribution in [0.2, 0.25) is 0 Å². The third kappa shape index (κ3) is 7.43. The number of fused-ring (bicyclic) bond motifs is 1. The second-order valence-electron chi connectivity index (χ2n) is 11.5. The smallest absolute Gasteiger partial charge is 0.128 e. The Bertz CT molecular complexity index is 1740. The molecule has 0 bridgehead atoms. The first-order chi connectivity index (χ1) is 22.2. The number of aromatic hydroxyl groups is 1. The van der Waals surface area contributed by atoms with Crippen molar-refractivity contribution in [1.82, 2.24) is 10.2 Å². The number of hydrogen-bond acceptors (Lipinski definition) is 4. The maximum Gasteiger partial charge on any atom is 0.128 e. The van der Waals surface area contributed by atoms with Gasteiger partial charge in [0.25, 0.3) is 0 Å². The van der Waals surface area contributed by atoms with Crippen molar-refractivity contribution < 1.29 is 9.84 Å². The van der Waals surface area contributed by atoms with Crippen LogP contribution in [0.3, 0.4) is 0 Å². The number of methoxy groups -OCH3 is 1. The highest BCUT2D eigenvalue weighted by molar-refractivity contribution is 5.94. The molecule has 0 saturated heterocycles. The largest absolute Gasteiger partial charge is 0.507 e. The van der Waals surface area contributed by atoms with E-state index in [1.54, 1.807) is 7.11 Å². The standard InChI is InChI=1S/C41H40N2O2/c1-45-39-27-37(41(44)36-25-15-14-24-35(36)39)40(42-28-32-18-8-3-9-19-32)38(26-31-16-6-2-7-17-31)43(29-33-20-10-4-11-21-33)30-34-22-12-5-13-23-34/h2-25,27,38,40,42,44H,26,28-30H2,1H3/t38-,40+/m0/s1. The average molecular weight is 593 g/mol. The molecule has 0 aromatic heterocycles. The molecule has 0 aliphatic heterocycles. The average Bonchev–Trinajstić information content (AvgIpc) is 3.10. The Morgan fingerprint density at radius 2 is 1.07 bits per heavy atom. The van der Waals surface area contributed by atoms with Crippen molar-refractivity contribution >= 4 is 10.8 Å². The summed E-state index contributed by atoms with van der Waals surface area (Å²) in [5.74, 6) is 1.04. The lowest BCUT2D eigenvalue weighted by Gasteiger charge is -2.39. The van der Waals surface area contributed by atoms with E-state index >= 15 is 0 Å². The van der Waals surface area contributed by atoms with Gasteiger partial charge in [0.15, 0.2) is 0 Å². The zero-order valence-corrected chi connectivity index (χ0v) is 25.7. The fraction of sp³-hybridized carbons (Fsp3) is 0.171. The van der Waals surface area contributed by atoms with E-state index in [0.717, 1.165) is 41.6 Å². The summed E-state index contributed by atoms with van der Waals surface area (Å²) in [6.07, 6.45) is 0.779. The molecule has 0 radical (unpaired) electrons. The third-order valence-corrected chi connectivity index (χ3v) is 8.53. The first kappa shape index (κ1) is 30.1. The number of nitrogens with one attached hydrogen (secondary N) is 1. The van der Waals surface area contributed by atoms with Crippen LogP contribution in [0.25, 0.3) is 10.8 Å². The topological polar surface area (TPSA) is 44.7 Å². The van der Waals surface area contributed by atoms with Crippen LogP contribution in [0.5, 0.6) is 11.5 Å². The highest BCUT2D eigenvalue weighted by Gasteiger charge is 2.32. The molecule has 6 aromatic rings. The summed E-state index contributed by atoms with van der Waals surface area (Å²) in [5, 5.41) is 17.6. The monoisotopic (exact) mass is 592 g/mol. The molecule has 0 heterocycles. The number of phenols is 1. The lowest BCUT2D eigenvalue weighted by molar-refractivity contribution is 0.136. The molecule has 226 valence electrons. The van der Waals surface area contributed by atoms with Gasteiger partial charge in [-0.1, -0.05) is 146 Å². The molecule has 6 aromatic carbocycles. The number of benzene rings is 6. The van der Waals surface area contributed by atoms with Gasteiger partial charge in [-0.25, -0.2) is 0 Å². The van der Waals surface area contributed by atoms with Crippen molar-refractivity contribution in [3.63, 3.8) is 0 Å². The van der Waals surface area contributed by atoms with Crippen LogP contribution in [0.15, 0.2) is 152 Å². The van der Waals surface area contributed by atoms with Crippen LogP contribution in [-0.2, 0) is 26.1 Å². The van der Waals surface area contributed by atoms with Gasteiger partial charge in [0, 0.05) is 42.0 Å². The first-order valence-corrected chi connectivity index (χ1v) is 15.6. The number of rotatable bonds is 13. The van der Waals surface area contributed by atoms with Gasteiger partial charge in [-0.05, 0) is 34.7 Å². The Morgan fingerprint density at radius 3 is 1.60 bits per heavy atom. The van der Waals surface area contributed by atoms with Gasteiger partial charge in [0.2, 0.25) is 0 Å². The lowest BCUT2D eigenvalue weighted by Crippen LogP contribution is -2.45. The predicted octanol–water partition coefficient (Wildman–Crippen LogP) is 8.70. The molecule has 0 saturated carbocycles. The fourth-order valence-corrected chi connectivity index (χ4v) is 6.27. The molecule has 0 spiro atoms. The van der Waals surface area contributed by atoms with Crippen LogP contribution in [0.1, 0.15) is 33.9 Å². The lowest BCUT2D eigenvalue weighted by atomic mass is 9.89. The SMILES string of the molecule is COc1cc([C@@H](NCc2ccccc2)[C@H](Cc2ccccc2)N(Cc2ccccc2)Cc2ccccc2)c(O)c2ccccc12. The molecule has 0 unspecified atom stereocenters. The van der Waals surface area contributed by atoms with Crippen molar-refractivity contribution in [3.8, 4) is 11.5 Å². The highest BCUT2D eigenvalue weighted by Crippen LogP contribution is 2.41. The molecule has 4 heteroatoms. The molecular weight excluding hydrogens is 552 g/mol. The number of hydrogen-bond donors (Lipinski definition) is 2. The Kier molecular flexibility index (Phi) is 9.86. The highest BCUT2D eigenvalue weighted by atomic mass is 16.5. The second kappa shape index (κ2) is 14.7. The van der Waals surface area contributed by atoms with Crippen molar-refractivity contribution in [3.05, 3.63) is 179 Å². The van der Waals surface area contributed by atoms with Gasteiger partial charge in [-0.15, -0.1) is 0 Å². The van der Waals surface area contributed by atoms with Gasteiger partial charge < -0.3 is 15.2 Å². The minimum atomic E-state index is -0.239. The predicted molar refractivity (Wildman–Crippen MR) is 184 cm³/mol. The van der Waals surface area contributed by atoms with Crippen LogP contribution >= 0.6 is 0 Å². The summed E-state index contributed by atoms with van der Waals surface area (Å²) in [6, 6.07) is 52.2. The molecule has 0 aliphatic carbocycles. The van der Waals surface area contributed by atoms with Crippen molar-refractivity contribution in [2.45, 2.75) is 38.1 Å². The fourth-order valence-electron chi connectivity index (χ4n) is 6.27. The van der Waals surface area contributed by atoms with Crippen LogP contribution in [0.4, 0.5) is 0 Å². The summed E-state index contributed by atoms with van der Waals surface area (Å²) in [7, 11) is 1.70. The minimum Gasteiger partial charge on any atom is -0.507 e. The number of ether oxygens (including phenoxy) is 1. The Balaban J connectivity index is 1.52. The van der Waals surface area contributed by atoms with Gasteiger partial charge in [-0.2, -0.15) is 0 Å². The van der Waals surface area contributed by atoms with E-state index < -0.39 is 0 Å². The Labute approximate surface area is 266 Å². The molecule has 2 N–H and O–H groups in total. The zero-order valence-electron chi connectivity index (χ0n) is 25.7. The van der Waals surface area contributed by atoms with Gasteiger partial charge >= 0.3 is 0 Å². The van der Waals surface area contributed by atoms with Gasteiger partial charge in [0.05, 0.1) is 13.2 Å². The van der Waals surface area contributed by atoms with Crippen LogP contribution in [0, 0.1) is 0 Å². The van der Waals surface area contributed by atoms with Crippen molar-refractivity contribution in [1.29, 1.82) is 0 Å². The van der Waals surface area contributed by atoms with Crippen LogP contribution in [-0.4, -0.2) is 23.2 Å². The molecule has 0 amide bonds. The van der Waals surface area contributed by atoms with E-state index in [1.165, 1.54) is 22.3 Å². The number of nitrogens with zero attached hydrogens (tertiary/aromatic N) is 1. The zero-order chi connectivity index (χ0) is 30.8. The molecular formula is C41H40N2O2.